The maximum Gasteiger partial charge on any atom is 0.0886 e. The van der Waals surface area contributed by atoms with Gasteiger partial charge in [-0.1, -0.05) is 12.1 Å². The predicted molar refractivity (Wildman–Crippen MR) is 57.5 cm³/mol. The summed E-state index contributed by atoms with van der Waals surface area (Å²) in [4.78, 5) is 9.87. The second kappa shape index (κ2) is 8.53. The van der Waals surface area contributed by atoms with Crippen molar-refractivity contribution in [3.8, 4) is 11.4 Å². The van der Waals surface area contributed by atoms with Crippen molar-refractivity contribution in [2.24, 2.45) is 0 Å². The van der Waals surface area contributed by atoms with E-state index in [0.717, 1.165) is 11.4 Å². The van der Waals surface area contributed by atoms with Crippen molar-refractivity contribution in [3.63, 3.8) is 0 Å². The molecule has 0 amide bonds. The minimum absolute atomic E-state index is 0. The second-order valence-corrected chi connectivity index (χ2v) is 2.52. The molecule has 2 aromatic rings. The number of nitrogens with zero attached hydrogens (tertiary/aromatic N) is 5. The fourth-order valence-corrected chi connectivity index (χ4v) is 1.03. The molecule has 6 heteroatoms. The number of pyridine rings is 2. The Morgan fingerprint density at radius 3 is 1.44 bits per heavy atom. The fraction of sp³-hybridized carbons (Fsp3) is 0. The van der Waals surface area contributed by atoms with Crippen LogP contribution in [0.3, 0.4) is 0 Å². The van der Waals surface area contributed by atoms with Gasteiger partial charge in [-0.15, -0.1) is 0 Å². The van der Waals surface area contributed by atoms with Crippen molar-refractivity contribution in [2.75, 3.05) is 0 Å². The Morgan fingerprint density at radius 2 is 1.19 bits per heavy atom. The maximum absolute atomic E-state index is 6.75. The minimum atomic E-state index is 0. The molecule has 2 aromatic heterocycles. The van der Waals surface area contributed by atoms with Gasteiger partial charge in [0.25, 0.3) is 0 Å². The summed E-state index contributed by atoms with van der Waals surface area (Å²) in [5.74, 6) is 0. The van der Waals surface area contributed by atoms with Gasteiger partial charge in [0.05, 0.1) is 11.4 Å². The van der Waals surface area contributed by atoms with E-state index in [9.17, 15) is 0 Å². The van der Waals surface area contributed by atoms with Gasteiger partial charge >= 0.3 is 0 Å². The van der Waals surface area contributed by atoms with E-state index in [1.807, 2.05) is 36.4 Å². The molecule has 0 unspecified atom stereocenters. The van der Waals surface area contributed by atoms with Gasteiger partial charge in [0.2, 0.25) is 0 Å². The Morgan fingerprint density at radius 1 is 0.812 bits per heavy atom. The van der Waals surface area contributed by atoms with Gasteiger partial charge in [-0.2, -0.15) is 0 Å². The summed E-state index contributed by atoms with van der Waals surface area (Å²) in [6.07, 6.45) is 3.54. The molecule has 0 N–H and O–H groups in total. The van der Waals surface area contributed by atoms with Crippen LogP contribution < -0.4 is 0 Å². The van der Waals surface area contributed by atoms with Crippen LogP contribution in [0.1, 0.15) is 0 Å². The van der Waals surface area contributed by atoms with Crippen LogP contribution in [0, 0.1) is 0 Å². The average Bonchev–Trinajstić information content (AvgIpc) is 2.32. The Balaban J connectivity index is 0.000000511. The number of hydrogen-bond donors (Lipinski definition) is 0. The van der Waals surface area contributed by atoms with Crippen molar-refractivity contribution >= 4 is 0 Å². The SMILES string of the molecule is [N-]=[N+]=[N-].[Zn].c1ccc(-c2ccccn2)nc1. The summed E-state index contributed by atoms with van der Waals surface area (Å²) < 4.78 is 0. The molecule has 0 spiro atoms. The Bertz CT molecular complexity index is 388. The van der Waals surface area contributed by atoms with Crippen LogP contribution in [0.2, 0.25) is 0 Å². The first kappa shape index (κ1) is 14.2. The van der Waals surface area contributed by atoms with Crippen molar-refractivity contribution < 1.29 is 19.5 Å². The van der Waals surface area contributed by atoms with E-state index in [1.54, 1.807) is 12.4 Å². The first-order valence-electron chi connectivity index (χ1n) is 4.19. The molecular weight excluding hydrogens is 256 g/mol. The molecule has 0 saturated heterocycles. The first-order chi connectivity index (χ1) is 7.38. The van der Waals surface area contributed by atoms with E-state index in [-0.39, 0.29) is 19.5 Å². The van der Waals surface area contributed by atoms with E-state index in [2.05, 4.69) is 9.97 Å². The summed E-state index contributed by atoms with van der Waals surface area (Å²) in [7, 11) is 0. The second-order valence-electron chi connectivity index (χ2n) is 2.52. The van der Waals surface area contributed by atoms with Crippen molar-refractivity contribution in [3.05, 3.63) is 64.8 Å². The van der Waals surface area contributed by atoms with Gasteiger partial charge in [-0.3, -0.25) is 14.9 Å². The number of aromatic nitrogens is 2. The average molecular weight is 264 g/mol. The summed E-state index contributed by atoms with van der Waals surface area (Å²) in [5.41, 5.74) is 15.3. The van der Waals surface area contributed by atoms with E-state index in [4.69, 9.17) is 11.1 Å². The molecule has 0 radical (unpaired) electrons. The minimum Gasteiger partial charge on any atom is -0.373 e. The molecule has 0 atom stereocenters. The largest absolute Gasteiger partial charge is 0.373 e. The zero-order valence-electron chi connectivity index (χ0n) is 8.56. The third-order valence-corrected chi connectivity index (χ3v) is 1.59. The summed E-state index contributed by atoms with van der Waals surface area (Å²) >= 11 is 0. The van der Waals surface area contributed by atoms with Crippen molar-refractivity contribution in [1.29, 1.82) is 0 Å². The number of hydrogen-bond acceptors (Lipinski definition) is 2. The van der Waals surface area contributed by atoms with Crippen LogP contribution in [0.15, 0.2) is 48.8 Å². The van der Waals surface area contributed by atoms with Crippen molar-refractivity contribution in [1.82, 2.24) is 9.97 Å². The topological polar surface area (TPSA) is 84.5 Å². The number of rotatable bonds is 1. The van der Waals surface area contributed by atoms with Gasteiger partial charge in [0, 0.05) is 31.9 Å². The van der Waals surface area contributed by atoms with Crippen LogP contribution in [0.5, 0.6) is 0 Å². The summed E-state index contributed by atoms with van der Waals surface area (Å²) in [6.45, 7) is 0. The van der Waals surface area contributed by atoms with Gasteiger partial charge < -0.3 is 11.1 Å². The van der Waals surface area contributed by atoms with Crippen molar-refractivity contribution in [2.45, 2.75) is 0 Å². The van der Waals surface area contributed by atoms with E-state index < -0.39 is 0 Å². The van der Waals surface area contributed by atoms with Crippen LogP contribution in [-0.4, -0.2) is 9.97 Å². The maximum atomic E-state index is 6.75. The molecule has 76 valence electrons. The molecule has 0 aromatic carbocycles. The smallest absolute Gasteiger partial charge is 0.0886 e. The summed E-state index contributed by atoms with van der Waals surface area (Å²) in [5, 5.41) is 0. The molecule has 16 heavy (non-hydrogen) atoms. The van der Waals surface area contributed by atoms with E-state index in [1.165, 1.54) is 4.91 Å². The van der Waals surface area contributed by atoms with Crippen LogP contribution in [0.25, 0.3) is 27.4 Å². The van der Waals surface area contributed by atoms with Gasteiger partial charge in [-0.25, -0.2) is 0 Å². The first-order valence-corrected chi connectivity index (χ1v) is 4.19. The molecule has 0 aliphatic heterocycles. The zero-order chi connectivity index (χ0) is 10.9. The fourth-order valence-electron chi connectivity index (χ4n) is 1.03. The Hall–Kier alpha value is -1.77. The Kier molecular flexibility index (Phi) is 7.59. The van der Waals surface area contributed by atoms with Gasteiger partial charge in [0.1, 0.15) is 0 Å². The molecule has 0 bridgehead atoms. The molecule has 2 rings (SSSR count). The van der Waals surface area contributed by atoms with Crippen LogP contribution >= 0.6 is 0 Å². The van der Waals surface area contributed by atoms with E-state index >= 15 is 0 Å². The molecule has 5 nitrogen and oxygen atoms in total. The van der Waals surface area contributed by atoms with Gasteiger partial charge in [-0.05, 0) is 24.3 Å². The zero-order valence-corrected chi connectivity index (χ0v) is 11.5. The normalized spacial score (nSPS) is 7.75. The third kappa shape index (κ3) is 4.64. The molecular formula is C10H8N5Zn-. The molecule has 2 heterocycles. The van der Waals surface area contributed by atoms with Gasteiger partial charge in [0.15, 0.2) is 0 Å². The molecule has 0 fully saturated rings. The molecule has 0 aliphatic rings. The molecule has 0 aliphatic carbocycles. The van der Waals surface area contributed by atoms with E-state index in [0.29, 0.717) is 0 Å². The monoisotopic (exact) mass is 262 g/mol. The summed E-state index contributed by atoms with van der Waals surface area (Å²) in [6, 6.07) is 11.6. The quantitative estimate of drug-likeness (QED) is 0.343. The standard InChI is InChI=1S/C10H8N2.N3.Zn/c1-3-7-11-9(5-1)10-6-2-4-8-12-10;1-3-2;/h1-8H;;/q;-1;. The molecule has 0 saturated carbocycles. The predicted octanol–water partition coefficient (Wildman–Crippen LogP) is 3.01. The third-order valence-electron chi connectivity index (χ3n) is 1.59. The van der Waals surface area contributed by atoms with Crippen LogP contribution in [-0.2, 0) is 19.5 Å². The van der Waals surface area contributed by atoms with Crippen LogP contribution in [0.4, 0.5) is 0 Å². The Labute approximate surface area is 106 Å².